The number of fused-ring (bicyclic) bond motifs is 1. The maximum Gasteiger partial charge on any atom is 0.258 e. The first-order valence-electron chi connectivity index (χ1n) is 9.49. The Labute approximate surface area is 181 Å². The number of imidazole rings is 1. The van der Waals surface area contributed by atoms with Crippen LogP contribution in [0.1, 0.15) is 15.9 Å². The van der Waals surface area contributed by atoms with Crippen LogP contribution in [-0.2, 0) is 0 Å². The molecule has 0 bridgehead atoms. The number of methoxy groups -OCH3 is 2. The highest BCUT2D eigenvalue weighted by molar-refractivity contribution is 6.05. The lowest BCUT2D eigenvalue weighted by molar-refractivity contribution is 0.102. The molecule has 1 amide bonds. The minimum Gasteiger partial charge on any atom is -0.495 e. The van der Waals surface area contributed by atoms with Crippen molar-refractivity contribution < 1.29 is 27.4 Å². The van der Waals surface area contributed by atoms with Gasteiger partial charge in [0, 0.05) is 18.0 Å². The van der Waals surface area contributed by atoms with Gasteiger partial charge in [0.15, 0.2) is 17.4 Å². The quantitative estimate of drug-likeness (QED) is 0.443. The lowest BCUT2D eigenvalue weighted by Gasteiger charge is -2.13. The van der Waals surface area contributed by atoms with Gasteiger partial charge in [-0.05, 0) is 48.9 Å². The van der Waals surface area contributed by atoms with E-state index in [9.17, 15) is 18.0 Å². The lowest BCUT2D eigenvalue weighted by Crippen LogP contribution is -2.16. The van der Waals surface area contributed by atoms with Crippen LogP contribution >= 0.6 is 0 Å². The van der Waals surface area contributed by atoms with Gasteiger partial charge in [-0.15, -0.1) is 0 Å². The SMILES string of the molecule is COc1ccc(-c2cn3ccc(C)cc3n2)cc1NC(=O)c1cc(F)c(F)c(OC)c1F. The van der Waals surface area contributed by atoms with Crippen LogP contribution < -0.4 is 14.8 Å². The number of benzene rings is 2. The summed E-state index contributed by atoms with van der Waals surface area (Å²) in [7, 11) is 2.38. The molecule has 6 nitrogen and oxygen atoms in total. The number of rotatable bonds is 5. The van der Waals surface area contributed by atoms with E-state index in [0.717, 1.165) is 18.3 Å². The Morgan fingerprint density at radius 2 is 1.81 bits per heavy atom. The largest absolute Gasteiger partial charge is 0.495 e. The number of hydrogen-bond acceptors (Lipinski definition) is 4. The molecule has 2 aromatic carbocycles. The van der Waals surface area contributed by atoms with Gasteiger partial charge in [0.2, 0.25) is 5.82 Å². The summed E-state index contributed by atoms with van der Waals surface area (Å²) in [4.78, 5) is 17.3. The highest BCUT2D eigenvalue weighted by Gasteiger charge is 2.24. The fourth-order valence-electron chi connectivity index (χ4n) is 3.30. The third-order valence-electron chi connectivity index (χ3n) is 4.92. The lowest BCUT2D eigenvalue weighted by atomic mass is 10.1. The number of aromatic nitrogens is 2. The molecule has 0 aliphatic carbocycles. The van der Waals surface area contributed by atoms with Crippen molar-refractivity contribution >= 4 is 17.2 Å². The molecule has 0 saturated heterocycles. The predicted octanol–water partition coefficient (Wildman–Crippen LogP) is 5.00. The molecule has 164 valence electrons. The summed E-state index contributed by atoms with van der Waals surface area (Å²) < 4.78 is 53.7. The van der Waals surface area contributed by atoms with Crippen molar-refractivity contribution in [3.63, 3.8) is 0 Å². The van der Waals surface area contributed by atoms with Crippen LogP contribution in [0.3, 0.4) is 0 Å². The monoisotopic (exact) mass is 441 g/mol. The van der Waals surface area contributed by atoms with E-state index in [0.29, 0.717) is 17.3 Å². The maximum atomic E-state index is 14.5. The zero-order chi connectivity index (χ0) is 23.0. The summed E-state index contributed by atoms with van der Waals surface area (Å²) in [5.74, 6) is -5.92. The number of anilines is 1. The summed E-state index contributed by atoms with van der Waals surface area (Å²) in [6, 6.07) is 9.31. The Morgan fingerprint density at radius 1 is 1.03 bits per heavy atom. The van der Waals surface area contributed by atoms with Crippen LogP contribution in [0, 0.1) is 24.4 Å². The summed E-state index contributed by atoms with van der Waals surface area (Å²) in [6.45, 7) is 1.96. The van der Waals surface area contributed by atoms with Crippen molar-refractivity contribution in [2.45, 2.75) is 6.92 Å². The number of hydrogen-bond donors (Lipinski definition) is 1. The number of carbonyl (C=O) groups is 1. The van der Waals surface area contributed by atoms with Gasteiger partial charge in [0.1, 0.15) is 11.4 Å². The van der Waals surface area contributed by atoms with E-state index in [1.165, 1.54) is 7.11 Å². The molecule has 0 aliphatic heterocycles. The number of carbonyl (C=O) groups excluding carboxylic acids is 1. The second kappa shape index (κ2) is 8.26. The first-order chi connectivity index (χ1) is 15.3. The third-order valence-corrected chi connectivity index (χ3v) is 4.92. The smallest absolute Gasteiger partial charge is 0.258 e. The average molecular weight is 441 g/mol. The van der Waals surface area contributed by atoms with Crippen LogP contribution in [0.4, 0.5) is 18.9 Å². The molecule has 1 N–H and O–H groups in total. The van der Waals surface area contributed by atoms with Crippen LogP contribution in [0.2, 0.25) is 0 Å². The molecule has 32 heavy (non-hydrogen) atoms. The zero-order valence-corrected chi connectivity index (χ0v) is 17.4. The van der Waals surface area contributed by atoms with Crippen molar-refractivity contribution in [1.82, 2.24) is 9.38 Å². The fraction of sp³-hybridized carbons (Fsp3) is 0.130. The van der Waals surface area contributed by atoms with Gasteiger partial charge >= 0.3 is 0 Å². The minimum absolute atomic E-state index is 0.200. The van der Waals surface area contributed by atoms with Gasteiger partial charge in [-0.1, -0.05) is 0 Å². The van der Waals surface area contributed by atoms with Gasteiger partial charge in [0.05, 0.1) is 31.2 Å². The second-order valence-corrected chi connectivity index (χ2v) is 7.03. The van der Waals surface area contributed by atoms with Gasteiger partial charge in [-0.25, -0.2) is 13.8 Å². The number of nitrogens with zero attached hydrogens (tertiary/aromatic N) is 2. The number of nitrogens with one attached hydrogen (secondary N) is 1. The minimum atomic E-state index is -1.51. The van der Waals surface area contributed by atoms with Crippen LogP contribution in [-0.4, -0.2) is 29.5 Å². The number of ether oxygens (including phenoxy) is 2. The molecule has 2 heterocycles. The van der Waals surface area contributed by atoms with E-state index < -0.39 is 34.7 Å². The van der Waals surface area contributed by atoms with E-state index in [1.807, 2.05) is 35.9 Å². The molecule has 0 atom stereocenters. The molecule has 0 unspecified atom stereocenters. The van der Waals surface area contributed by atoms with Gasteiger partial charge in [0.25, 0.3) is 5.91 Å². The predicted molar refractivity (Wildman–Crippen MR) is 113 cm³/mol. The highest BCUT2D eigenvalue weighted by Crippen LogP contribution is 2.32. The molecule has 0 radical (unpaired) electrons. The normalized spacial score (nSPS) is 10.9. The summed E-state index contributed by atoms with van der Waals surface area (Å²) >= 11 is 0. The topological polar surface area (TPSA) is 64.9 Å². The maximum absolute atomic E-state index is 14.5. The number of pyridine rings is 1. The van der Waals surface area contributed by atoms with Crippen molar-refractivity contribution in [2.75, 3.05) is 19.5 Å². The molecule has 4 rings (SSSR count). The Morgan fingerprint density at radius 3 is 2.53 bits per heavy atom. The molecule has 2 aromatic heterocycles. The molecule has 0 fully saturated rings. The van der Waals surface area contributed by atoms with Crippen molar-refractivity contribution in [1.29, 1.82) is 0 Å². The summed E-state index contributed by atoms with van der Waals surface area (Å²) in [5, 5.41) is 2.49. The molecule has 9 heteroatoms. The number of amides is 1. The molecule has 0 aliphatic rings. The van der Waals surface area contributed by atoms with Crippen molar-refractivity contribution in [2.24, 2.45) is 0 Å². The zero-order valence-electron chi connectivity index (χ0n) is 17.4. The Hall–Kier alpha value is -4.01. The van der Waals surface area contributed by atoms with Crippen LogP contribution in [0.25, 0.3) is 16.9 Å². The Balaban J connectivity index is 1.72. The molecule has 4 aromatic rings. The van der Waals surface area contributed by atoms with E-state index in [1.54, 1.807) is 18.2 Å². The fourth-order valence-corrected chi connectivity index (χ4v) is 3.30. The first-order valence-corrected chi connectivity index (χ1v) is 9.49. The van der Waals surface area contributed by atoms with Crippen molar-refractivity contribution in [3.8, 4) is 22.8 Å². The highest BCUT2D eigenvalue weighted by atomic mass is 19.2. The van der Waals surface area contributed by atoms with Gasteiger partial charge < -0.3 is 19.2 Å². The molecule has 0 saturated carbocycles. The Kier molecular flexibility index (Phi) is 5.48. The van der Waals surface area contributed by atoms with E-state index >= 15 is 0 Å². The van der Waals surface area contributed by atoms with E-state index in [2.05, 4.69) is 15.0 Å². The number of halogens is 3. The van der Waals surface area contributed by atoms with Crippen molar-refractivity contribution in [3.05, 3.63) is 77.4 Å². The van der Waals surface area contributed by atoms with Gasteiger partial charge in [-0.2, -0.15) is 4.39 Å². The summed E-state index contributed by atoms with van der Waals surface area (Å²) in [6.07, 6.45) is 3.70. The van der Waals surface area contributed by atoms with E-state index in [-0.39, 0.29) is 11.4 Å². The van der Waals surface area contributed by atoms with Crippen LogP contribution in [0.15, 0.2) is 48.8 Å². The average Bonchev–Trinajstić information content (AvgIpc) is 3.19. The molecular weight excluding hydrogens is 423 g/mol. The van der Waals surface area contributed by atoms with E-state index in [4.69, 9.17) is 4.74 Å². The molecule has 0 spiro atoms. The molecular formula is C23H18F3N3O3. The van der Waals surface area contributed by atoms with Gasteiger partial charge in [-0.3, -0.25) is 4.79 Å². The van der Waals surface area contributed by atoms with Crippen LogP contribution in [0.5, 0.6) is 11.5 Å². The summed E-state index contributed by atoms with van der Waals surface area (Å²) in [5.41, 5.74) is 2.58. The third kappa shape index (κ3) is 3.73. The number of aryl methyl sites for hydroxylation is 1. The first kappa shape index (κ1) is 21.2. The standard InChI is InChI=1S/C23H18F3N3O3/c1-12-6-7-29-11-17(27-19(29)8-12)13-4-5-18(31-2)16(9-13)28-23(30)14-10-15(24)21(26)22(32-3)20(14)25/h4-11H,1-3H3,(H,28,30). The second-order valence-electron chi connectivity index (χ2n) is 7.03. The Bertz CT molecular complexity index is 1350.